The van der Waals surface area contributed by atoms with Gasteiger partial charge in [0, 0.05) is 6.54 Å². The number of nitrogens with one attached hydrogen (secondary N) is 1. The van der Waals surface area contributed by atoms with Gasteiger partial charge in [-0.2, -0.15) is 0 Å². The summed E-state index contributed by atoms with van der Waals surface area (Å²) in [4.78, 5) is 0. The molecule has 1 heterocycles. The second kappa shape index (κ2) is 7.35. The summed E-state index contributed by atoms with van der Waals surface area (Å²) in [5.41, 5.74) is 0. The first-order valence-electron chi connectivity index (χ1n) is 4.85. The predicted octanol–water partition coefficient (Wildman–Crippen LogP) is 1.96. The Bertz CT molecular complexity index is 242. The summed E-state index contributed by atoms with van der Waals surface area (Å²) in [6, 6.07) is 3.84. The molecule has 0 amide bonds. The summed E-state index contributed by atoms with van der Waals surface area (Å²) in [5, 5.41) is 3.22. The molecule has 1 N–H and O–H groups in total. The van der Waals surface area contributed by atoms with Crippen LogP contribution in [0, 0.1) is 0 Å². The van der Waals surface area contributed by atoms with Crippen LogP contribution in [0.5, 0.6) is 0 Å². The summed E-state index contributed by atoms with van der Waals surface area (Å²) in [6.45, 7) is 5.01. The molecule has 1 aromatic rings. The van der Waals surface area contributed by atoms with Crippen LogP contribution in [0.15, 0.2) is 35.0 Å². The Balaban J connectivity index is 1.90. The van der Waals surface area contributed by atoms with Crippen molar-refractivity contribution in [2.24, 2.45) is 0 Å². The smallest absolute Gasteiger partial charge is 0.117 e. The number of hydrogen-bond donors (Lipinski definition) is 1. The lowest BCUT2D eigenvalue weighted by molar-refractivity contribution is 0.163. The van der Waals surface area contributed by atoms with Crippen LogP contribution in [0.25, 0.3) is 0 Å². The van der Waals surface area contributed by atoms with E-state index in [4.69, 9.17) is 9.15 Å². The molecule has 0 spiro atoms. The molecule has 0 aliphatic heterocycles. The van der Waals surface area contributed by atoms with Crippen LogP contribution in [-0.2, 0) is 11.3 Å². The SMILES string of the molecule is CC=CCOCCNCc1ccco1. The van der Waals surface area contributed by atoms with Gasteiger partial charge >= 0.3 is 0 Å². The molecule has 0 radical (unpaired) electrons. The third kappa shape index (κ3) is 4.84. The van der Waals surface area contributed by atoms with Crippen molar-refractivity contribution in [3.05, 3.63) is 36.3 Å². The zero-order chi connectivity index (χ0) is 10.1. The van der Waals surface area contributed by atoms with E-state index in [0.717, 1.165) is 25.5 Å². The van der Waals surface area contributed by atoms with Crippen molar-refractivity contribution in [3.63, 3.8) is 0 Å². The maximum atomic E-state index is 5.31. The summed E-state index contributed by atoms with van der Waals surface area (Å²) in [7, 11) is 0. The van der Waals surface area contributed by atoms with E-state index in [1.807, 2.05) is 31.2 Å². The van der Waals surface area contributed by atoms with Crippen molar-refractivity contribution >= 4 is 0 Å². The van der Waals surface area contributed by atoms with Gasteiger partial charge in [-0.1, -0.05) is 12.2 Å². The summed E-state index contributed by atoms with van der Waals surface area (Å²) in [5.74, 6) is 0.957. The number of ether oxygens (including phenoxy) is 1. The molecule has 0 fully saturated rings. The second-order valence-electron chi connectivity index (χ2n) is 2.90. The van der Waals surface area contributed by atoms with E-state index < -0.39 is 0 Å². The van der Waals surface area contributed by atoms with E-state index in [1.54, 1.807) is 6.26 Å². The van der Waals surface area contributed by atoms with E-state index in [-0.39, 0.29) is 0 Å². The van der Waals surface area contributed by atoms with Crippen molar-refractivity contribution in [3.8, 4) is 0 Å². The molecule has 0 saturated heterocycles. The van der Waals surface area contributed by atoms with Gasteiger partial charge in [-0.05, 0) is 19.1 Å². The largest absolute Gasteiger partial charge is 0.468 e. The molecule has 3 nitrogen and oxygen atoms in total. The Labute approximate surface area is 84.8 Å². The van der Waals surface area contributed by atoms with Gasteiger partial charge in [-0.15, -0.1) is 0 Å². The van der Waals surface area contributed by atoms with Crippen LogP contribution in [0.3, 0.4) is 0 Å². The highest BCUT2D eigenvalue weighted by molar-refractivity contribution is 4.97. The number of allylic oxidation sites excluding steroid dienone is 1. The zero-order valence-corrected chi connectivity index (χ0v) is 8.53. The average Bonchev–Trinajstić information content (AvgIpc) is 2.69. The third-order valence-corrected chi connectivity index (χ3v) is 1.75. The highest BCUT2D eigenvalue weighted by Gasteiger charge is 1.93. The Hall–Kier alpha value is -1.06. The lowest BCUT2D eigenvalue weighted by Gasteiger charge is -2.02. The van der Waals surface area contributed by atoms with Crippen LogP contribution in [0.2, 0.25) is 0 Å². The predicted molar refractivity (Wildman–Crippen MR) is 56.0 cm³/mol. The minimum atomic E-state index is 0.693. The normalized spacial score (nSPS) is 11.2. The van der Waals surface area contributed by atoms with Gasteiger partial charge < -0.3 is 14.5 Å². The van der Waals surface area contributed by atoms with E-state index >= 15 is 0 Å². The van der Waals surface area contributed by atoms with Gasteiger partial charge in [0.2, 0.25) is 0 Å². The second-order valence-corrected chi connectivity index (χ2v) is 2.90. The number of rotatable bonds is 7. The lowest BCUT2D eigenvalue weighted by Crippen LogP contribution is -2.18. The van der Waals surface area contributed by atoms with Gasteiger partial charge in [0.1, 0.15) is 5.76 Å². The maximum absolute atomic E-state index is 5.31. The fourth-order valence-electron chi connectivity index (χ4n) is 1.02. The highest BCUT2D eigenvalue weighted by atomic mass is 16.5. The van der Waals surface area contributed by atoms with E-state index in [2.05, 4.69) is 5.32 Å². The summed E-state index contributed by atoms with van der Waals surface area (Å²) >= 11 is 0. The minimum Gasteiger partial charge on any atom is -0.468 e. The topological polar surface area (TPSA) is 34.4 Å². The summed E-state index contributed by atoms with van der Waals surface area (Å²) < 4.78 is 10.5. The lowest BCUT2D eigenvalue weighted by atomic mass is 10.4. The zero-order valence-electron chi connectivity index (χ0n) is 8.53. The molecular weight excluding hydrogens is 178 g/mol. The fraction of sp³-hybridized carbons (Fsp3) is 0.455. The van der Waals surface area contributed by atoms with Crippen molar-refractivity contribution in [2.45, 2.75) is 13.5 Å². The van der Waals surface area contributed by atoms with Gasteiger partial charge in [0.05, 0.1) is 26.0 Å². The van der Waals surface area contributed by atoms with Crippen LogP contribution >= 0.6 is 0 Å². The molecule has 0 aliphatic carbocycles. The molecule has 1 rings (SSSR count). The Morgan fingerprint density at radius 2 is 2.50 bits per heavy atom. The van der Waals surface area contributed by atoms with Gasteiger partial charge in [0.25, 0.3) is 0 Å². The van der Waals surface area contributed by atoms with Crippen molar-refractivity contribution in [1.82, 2.24) is 5.32 Å². The Morgan fingerprint density at radius 3 is 3.21 bits per heavy atom. The molecular formula is C11H17NO2. The highest BCUT2D eigenvalue weighted by Crippen LogP contribution is 1.97. The number of hydrogen-bond acceptors (Lipinski definition) is 3. The van der Waals surface area contributed by atoms with Crippen LogP contribution in [-0.4, -0.2) is 19.8 Å². The van der Waals surface area contributed by atoms with Gasteiger partial charge in [-0.3, -0.25) is 0 Å². The average molecular weight is 195 g/mol. The molecule has 0 saturated carbocycles. The van der Waals surface area contributed by atoms with Crippen molar-refractivity contribution in [1.29, 1.82) is 0 Å². The Kier molecular flexibility index (Phi) is 5.79. The number of furan rings is 1. The molecule has 0 aliphatic rings. The molecule has 0 unspecified atom stereocenters. The molecule has 1 aromatic heterocycles. The summed E-state index contributed by atoms with van der Waals surface area (Å²) in [6.07, 6.45) is 5.66. The van der Waals surface area contributed by atoms with Crippen LogP contribution in [0.4, 0.5) is 0 Å². The van der Waals surface area contributed by atoms with Crippen LogP contribution < -0.4 is 5.32 Å². The maximum Gasteiger partial charge on any atom is 0.117 e. The van der Waals surface area contributed by atoms with Crippen molar-refractivity contribution < 1.29 is 9.15 Å². The monoisotopic (exact) mass is 195 g/mol. The first-order chi connectivity index (χ1) is 6.93. The molecule has 3 heteroatoms. The quantitative estimate of drug-likeness (QED) is 0.533. The van der Waals surface area contributed by atoms with Gasteiger partial charge in [-0.25, -0.2) is 0 Å². The van der Waals surface area contributed by atoms with E-state index in [9.17, 15) is 0 Å². The van der Waals surface area contributed by atoms with Crippen molar-refractivity contribution in [2.75, 3.05) is 19.8 Å². The molecule has 0 aromatic carbocycles. The molecule has 0 atom stereocenters. The molecule has 0 bridgehead atoms. The minimum absolute atomic E-state index is 0.693. The molecule has 14 heavy (non-hydrogen) atoms. The van der Waals surface area contributed by atoms with E-state index in [0.29, 0.717) is 6.61 Å². The fourth-order valence-corrected chi connectivity index (χ4v) is 1.02. The Morgan fingerprint density at radius 1 is 1.57 bits per heavy atom. The van der Waals surface area contributed by atoms with E-state index in [1.165, 1.54) is 0 Å². The first-order valence-corrected chi connectivity index (χ1v) is 4.85. The van der Waals surface area contributed by atoms with Gasteiger partial charge in [0.15, 0.2) is 0 Å². The first kappa shape index (κ1) is 11.0. The van der Waals surface area contributed by atoms with Crippen LogP contribution in [0.1, 0.15) is 12.7 Å². The third-order valence-electron chi connectivity index (χ3n) is 1.75. The molecule has 78 valence electrons. The standard InChI is InChI=1S/C11H17NO2/c1-2-3-7-13-9-6-12-10-11-5-4-8-14-11/h2-5,8,12H,6-7,9-10H2,1H3.